The van der Waals surface area contributed by atoms with Crippen molar-refractivity contribution in [3.8, 4) is 5.75 Å². The van der Waals surface area contributed by atoms with E-state index in [1.807, 2.05) is 0 Å². The lowest BCUT2D eigenvalue weighted by molar-refractivity contribution is 0.0818. The van der Waals surface area contributed by atoms with Gasteiger partial charge in [0.15, 0.2) is 0 Å². The standard InChI is InChI=1S/C15H23F2NO4S/c1-12(18-23(20,21)9-4-2-3-8-19)13-6-5-7-14(10-13)22-11-15(16)17/h5-7,10,12,15,18-19H,2-4,8-9,11H2,1H3/t12-/m1/s1. The molecule has 0 spiro atoms. The molecule has 23 heavy (non-hydrogen) atoms. The molecule has 2 N–H and O–H groups in total. The van der Waals surface area contributed by atoms with E-state index in [1.54, 1.807) is 31.2 Å². The van der Waals surface area contributed by atoms with Gasteiger partial charge in [-0.05, 0) is 37.5 Å². The maximum Gasteiger partial charge on any atom is 0.272 e. The maximum absolute atomic E-state index is 12.1. The van der Waals surface area contributed by atoms with E-state index in [0.29, 0.717) is 24.8 Å². The summed E-state index contributed by atoms with van der Waals surface area (Å²) in [6.07, 6.45) is -0.870. The third-order valence-corrected chi connectivity index (χ3v) is 4.70. The Labute approximate surface area is 135 Å². The van der Waals surface area contributed by atoms with Crippen LogP contribution in [-0.2, 0) is 10.0 Å². The van der Waals surface area contributed by atoms with Gasteiger partial charge in [-0.1, -0.05) is 18.6 Å². The highest BCUT2D eigenvalue weighted by Crippen LogP contribution is 2.20. The first-order valence-electron chi connectivity index (χ1n) is 7.46. The molecule has 0 radical (unpaired) electrons. The summed E-state index contributed by atoms with van der Waals surface area (Å²) in [6, 6.07) is 5.92. The first kappa shape index (κ1) is 19.8. The Kier molecular flexibility index (Phi) is 8.43. The second-order valence-corrected chi connectivity index (χ2v) is 7.09. The van der Waals surface area contributed by atoms with Gasteiger partial charge in [0.1, 0.15) is 12.4 Å². The fourth-order valence-corrected chi connectivity index (χ4v) is 3.39. The van der Waals surface area contributed by atoms with Crippen molar-refractivity contribution < 1.29 is 27.0 Å². The largest absolute Gasteiger partial charge is 0.488 e. The van der Waals surface area contributed by atoms with E-state index in [0.717, 1.165) is 0 Å². The SMILES string of the molecule is C[C@@H](NS(=O)(=O)CCCCCO)c1cccc(OCC(F)F)c1. The molecule has 0 bridgehead atoms. The van der Waals surface area contributed by atoms with Gasteiger partial charge in [-0.2, -0.15) is 0 Å². The van der Waals surface area contributed by atoms with Gasteiger partial charge >= 0.3 is 0 Å². The fourth-order valence-electron chi connectivity index (χ4n) is 2.01. The Hall–Kier alpha value is -1.25. The molecule has 0 fully saturated rings. The first-order valence-corrected chi connectivity index (χ1v) is 9.11. The lowest BCUT2D eigenvalue weighted by Gasteiger charge is -2.16. The van der Waals surface area contributed by atoms with Gasteiger partial charge in [0, 0.05) is 12.6 Å². The number of unbranched alkanes of at least 4 members (excludes halogenated alkanes) is 2. The maximum atomic E-state index is 12.1. The van der Waals surface area contributed by atoms with Gasteiger partial charge in [-0.25, -0.2) is 21.9 Å². The molecule has 1 atom stereocenters. The van der Waals surface area contributed by atoms with Crippen molar-refractivity contribution in [2.24, 2.45) is 0 Å². The first-order chi connectivity index (χ1) is 10.8. The number of hydrogen-bond acceptors (Lipinski definition) is 4. The molecule has 1 aromatic carbocycles. The van der Waals surface area contributed by atoms with Crippen molar-refractivity contribution in [3.05, 3.63) is 29.8 Å². The molecule has 5 nitrogen and oxygen atoms in total. The van der Waals surface area contributed by atoms with Crippen LogP contribution in [0, 0.1) is 0 Å². The van der Waals surface area contributed by atoms with E-state index in [1.165, 1.54) is 0 Å². The average Bonchev–Trinajstić information content (AvgIpc) is 2.49. The number of halogens is 2. The molecule has 8 heteroatoms. The Morgan fingerprint density at radius 3 is 2.65 bits per heavy atom. The molecule has 132 valence electrons. The minimum atomic E-state index is -3.44. The lowest BCUT2D eigenvalue weighted by atomic mass is 10.1. The molecule has 0 amide bonds. The van der Waals surface area contributed by atoms with Gasteiger partial charge in [0.2, 0.25) is 10.0 Å². The highest BCUT2D eigenvalue weighted by Gasteiger charge is 2.16. The monoisotopic (exact) mass is 351 g/mol. The predicted molar refractivity (Wildman–Crippen MR) is 84.2 cm³/mol. The van der Waals surface area contributed by atoms with E-state index in [9.17, 15) is 17.2 Å². The van der Waals surface area contributed by atoms with E-state index in [4.69, 9.17) is 9.84 Å². The Balaban J connectivity index is 2.59. The van der Waals surface area contributed by atoms with Crippen molar-refractivity contribution in [2.45, 2.75) is 38.7 Å². The Bertz CT molecular complexity index is 566. The van der Waals surface area contributed by atoms with Crippen LogP contribution in [0.1, 0.15) is 37.8 Å². The van der Waals surface area contributed by atoms with Crippen LogP contribution in [0.2, 0.25) is 0 Å². The van der Waals surface area contributed by atoms with Gasteiger partial charge in [-0.3, -0.25) is 0 Å². The molecule has 0 saturated carbocycles. The minimum absolute atomic E-state index is 0.0150. The molecule has 0 unspecified atom stereocenters. The number of nitrogens with one attached hydrogen (secondary N) is 1. The van der Waals surface area contributed by atoms with E-state index in [-0.39, 0.29) is 18.1 Å². The predicted octanol–water partition coefficient (Wildman–Crippen LogP) is 2.47. The van der Waals surface area contributed by atoms with Crippen LogP contribution in [0.25, 0.3) is 0 Å². The van der Waals surface area contributed by atoms with Gasteiger partial charge in [0.05, 0.1) is 5.75 Å². The van der Waals surface area contributed by atoms with Crippen LogP contribution in [0.4, 0.5) is 8.78 Å². The highest BCUT2D eigenvalue weighted by atomic mass is 32.2. The van der Waals surface area contributed by atoms with Crippen LogP contribution in [0.3, 0.4) is 0 Å². The normalized spacial score (nSPS) is 13.3. The van der Waals surface area contributed by atoms with Crippen LogP contribution < -0.4 is 9.46 Å². The summed E-state index contributed by atoms with van der Waals surface area (Å²) in [6.45, 7) is 1.03. The molecule has 0 heterocycles. The molecular formula is C15H23F2NO4S. The second kappa shape index (κ2) is 9.79. The van der Waals surface area contributed by atoms with Crippen molar-refractivity contribution in [3.63, 3.8) is 0 Å². The summed E-state index contributed by atoms with van der Waals surface area (Å²) >= 11 is 0. The van der Waals surface area contributed by atoms with Crippen LogP contribution >= 0.6 is 0 Å². The van der Waals surface area contributed by atoms with E-state index in [2.05, 4.69) is 4.72 Å². The quantitative estimate of drug-likeness (QED) is 0.601. The molecule has 0 aromatic heterocycles. The number of hydrogen-bond donors (Lipinski definition) is 2. The zero-order chi connectivity index (χ0) is 17.3. The number of sulfonamides is 1. The third kappa shape index (κ3) is 8.24. The molecular weight excluding hydrogens is 328 g/mol. The van der Waals surface area contributed by atoms with Gasteiger partial charge < -0.3 is 9.84 Å². The number of alkyl halides is 2. The number of benzene rings is 1. The number of rotatable bonds is 11. The van der Waals surface area contributed by atoms with Crippen molar-refractivity contribution >= 4 is 10.0 Å². The Morgan fingerprint density at radius 2 is 2.00 bits per heavy atom. The van der Waals surface area contributed by atoms with Crippen LogP contribution in [-0.4, -0.2) is 38.9 Å². The second-order valence-electron chi connectivity index (χ2n) is 5.22. The van der Waals surface area contributed by atoms with Crippen molar-refractivity contribution in [1.29, 1.82) is 0 Å². The zero-order valence-corrected chi connectivity index (χ0v) is 13.9. The molecule has 0 saturated heterocycles. The number of aliphatic hydroxyl groups excluding tert-OH is 1. The Morgan fingerprint density at radius 1 is 1.26 bits per heavy atom. The summed E-state index contributed by atoms with van der Waals surface area (Å²) in [5.74, 6) is 0.260. The summed E-state index contributed by atoms with van der Waals surface area (Å²) < 4.78 is 55.7. The average molecular weight is 351 g/mol. The molecule has 1 rings (SSSR count). The minimum Gasteiger partial charge on any atom is -0.488 e. The van der Waals surface area contributed by atoms with Crippen molar-refractivity contribution in [2.75, 3.05) is 19.0 Å². The highest BCUT2D eigenvalue weighted by molar-refractivity contribution is 7.89. The van der Waals surface area contributed by atoms with Crippen LogP contribution in [0.15, 0.2) is 24.3 Å². The molecule has 0 aliphatic carbocycles. The van der Waals surface area contributed by atoms with E-state index < -0.39 is 29.1 Å². The summed E-state index contributed by atoms with van der Waals surface area (Å²) in [7, 11) is -3.44. The van der Waals surface area contributed by atoms with Gasteiger partial charge in [-0.15, -0.1) is 0 Å². The summed E-state index contributed by atoms with van der Waals surface area (Å²) in [4.78, 5) is 0. The molecule has 0 aliphatic heterocycles. The number of aliphatic hydroxyl groups is 1. The van der Waals surface area contributed by atoms with Crippen molar-refractivity contribution in [1.82, 2.24) is 4.72 Å². The van der Waals surface area contributed by atoms with E-state index >= 15 is 0 Å². The summed E-state index contributed by atoms with van der Waals surface area (Å²) in [5, 5.41) is 8.67. The third-order valence-electron chi connectivity index (χ3n) is 3.16. The molecule has 1 aromatic rings. The van der Waals surface area contributed by atoms with Crippen LogP contribution in [0.5, 0.6) is 5.75 Å². The smallest absolute Gasteiger partial charge is 0.272 e. The fraction of sp³-hybridized carbons (Fsp3) is 0.600. The van der Waals surface area contributed by atoms with Gasteiger partial charge in [0.25, 0.3) is 6.43 Å². The zero-order valence-electron chi connectivity index (χ0n) is 13.0. The topological polar surface area (TPSA) is 75.6 Å². The summed E-state index contributed by atoms with van der Waals surface area (Å²) in [5.41, 5.74) is 0.635. The molecule has 0 aliphatic rings. The number of ether oxygens (including phenoxy) is 1. The lowest BCUT2D eigenvalue weighted by Crippen LogP contribution is -2.29.